The summed E-state index contributed by atoms with van der Waals surface area (Å²) in [6.07, 6.45) is -1.01. The van der Waals surface area contributed by atoms with E-state index in [2.05, 4.69) is 0 Å². The van der Waals surface area contributed by atoms with E-state index in [9.17, 15) is 18.7 Å². The zero-order valence-corrected chi connectivity index (χ0v) is 13.9. The molecule has 0 radical (unpaired) electrons. The Morgan fingerprint density at radius 3 is 2.35 bits per heavy atom. The predicted octanol–water partition coefficient (Wildman–Crippen LogP) is 2.19. The van der Waals surface area contributed by atoms with Crippen LogP contribution in [0.5, 0.6) is 0 Å². The highest BCUT2D eigenvalue weighted by Gasteiger charge is 2.30. The van der Waals surface area contributed by atoms with Crippen molar-refractivity contribution in [3.63, 3.8) is 0 Å². The van der Waals surface area contributed by atoms with Gasteiger partial charge in [0.1, 0.15) is 11.6 Å². The summed E-state index contributed by atoms with van der Waals surface area (Å²) in [5, 5.41) is 10.2. The third-order valence-corrected chi connectivity index (χ3v) is 4.05. The van der Waals surface area contributed by atoms with Crippen molar-refractivity contribution in [1.29, 1.82) is 0 Å². The highest BCUT2D eigenvalue weighted by atomic mass is 19.1. The molecule has 1 atom stereocenters. The van der Waals surface area contributed by atoms with Crippen LogP contribution in [0.3, 0.4) is 0 Å². The molecule has 23 heavy (non-hydrogen) atoms. The van der Waals surface area contributed by atoms with E-state index in [0.717, 1.165) is 12.1 Å². The number of rotatable bonds is 3. The van der Waals surface area contributed by atoms with Crippen LogP contribution in [-0.2, 0) is 4.79 Å². The van der Waals surface area contributed by atoms with Crippen LogP contribution in [-0.4, -0.2) is 53.5 Å². The van der Waals surface area contributed by atoms with Gasteiger partial charge >= 0.3 is 0 Å². The van der Waals surface area contributed by atoms with Gasteiger partial charge in [0.15, 0.2) is 0 Å². The maximum Gasteiger partial charge on any atom is 0.228 e. The highest BCUT2D eigenvalue weighted by molar-refractivity contribution is 5.81. The molecule has 0 aliphatic carbocycles. The Kier molecular flexibility index (Phi) is 5.37. The van der Waals surface area contributed by atoms with Crippen molar-refractivity contribution < 1.29 is 18.7 Å². The van der Waals surface area contributed by atoms with Crippen molar-refractivity contribution >= 4 is 5.91 Å². The van der Waals surface area contributed by atoms with Crippen LogP contribution in [0.15, 0.2) is 18.2 Å². The molecule has 6 heteroatoms. The lowest BCUT2D eigenvalue weighted by Gasteiger charge is -2.38. The van der Waals surface area contributed by atoms with E-state index in [4.69, 9.17) is 0 Å². The summed E-state index contributed by atoms with van der Waals surface area (Å²) in [6, 6.07) is 3.19. The van der Waals surface area contributed by atoms with Gasteiger partial charge in [-0.3, -0.25) is 9.69 Å². The number of hydrogen-bond donors (Lipinski definition) is 1. The summed E-state index contributed by atoms with van der Waals surface area (Å²) in [4.78, 5) is 16.0. The Bertz CT molecular complexity index is 564. The fraction of sp³-hybridized carbons (Fsp3) is 0.588. The first-order chi connectivity index (χ1) is 10.7. The molecule has 1 amide bonds. The summed E-state index contributed by atoms with van der Waals surface area (Å²) >= 11 is 0. The number of hydrogen-bond acceptors (Lipinski definition) is 3. The Balaban J connectivity index is 1.90. The van der Waals surface area contributed by atoms with Crippen LogP contribution < -0.4 is 0 Å². The van der Waals surface area contributed by atoms with Gasteiger partial charge < -0.3 is 10.0 Å². The number of carbonyl (C=O) groups is 1. The lowest BCUT2D eigenvalue weighted by atomic mass is 9.94. The molecular weight excluding hydrogens is 302 g/mol. The van der Waals surface area contributed by atoms with Crippen molar-refractivity contribution in [3.8, 4) is 0 Å². The van der Waals surface area contributed by atoms with E-state index >= 15 is 0 Å². The lowest BCUT2D eigenvalue weighted by molar-refractivity contribution is -0.141. The molecule has 128 valence electrons. The van der Waals surface area contributed by atoms with Crippen LogP contribution in [0.25, 0.3) is 0 Å². The van der Waals surface area contributed by atoms with Gasteiger partial charge in [-0.25, -0.2) is 8.78 Å². The minimum absolute atomic E-state index is 0.0968. The Labute approximate surface area is 135 Å². The Morgan fingerprint density at radius 1 is 1.22 bits per heavy atom. The number of aliphatic hydroxyl groups excluding tert-OH is 1. The molecular formula is C17H24F2N2O2. The van der Waals surface area contributed by atoms with Crippen LogP contribution >= 0.6 is 0 Å². The number of carbonyl (C=O) groups excluding carboxylic acids is 1. The fourth-order valence-electron chi connectivity index (χ4n) is 2.72. The molecule has 0 bridgehead atoms. The minimum atomic E-state index is -1.01. The standard InChI is InChI=1S/C17H24F2N2O2/c1-17(2,3)16(23)21-8-6-20(7-9-21)11-15(22)13-5-4-12(18)10-14(13)19/h4-5,10,15,22H,6-9,11H2,1-3H3. The largest absolute Gasteiger partial charge is 0.387 e. The van der Waals surface area contributed by atoms with Crippen LogP contribution in [0.4, 0.5) is 8.78 Å². The van der Waals surface area contributed by atoms with Gasteiger partial charge in [0.05, 0.1) is 6.10 Å². The Morgan fingerprint density at radius 2 is 1.83 bits per heavy atom. The van der Waals surface area contributed by atoms with Crippen LogP contribution in [0.2, 0.25) is 0 Å². The number of halogens is 2. The normalized spacial score (nSPS) is 18.1. The number of piperazine rings is 1. The van der Waals surface area contributed by atoms with Crippen LogP contribution in [0, 0.1) is 17.0 Å². The third kappa shape index (κ3) is 4.48. The molecule has 1 fully saturated rings. The second kappa shape index (κ2) is 6.93. The average molecular weight is 326 g/mol. The summed E-state index contributed by atoms with van der Waals surface area (Å²) in [6.45, 7) is 8.38. The van der Waals surface area contributed by atoms with Gasteiger partial charge in [0, 0.05) is 49.8 Å². The van der Waals surface area contributed by atoms with Crippen molar-refractivity contribution in [2.75, 3.05) is 32.7 Å². The maximum absolute atomic E-state index is 13.7. The number of amides is 1. The molecule has 1 aliphatic heterocycles. The molecule has 1 saturated heterocycles. The third-order valence-electron chi connectivity index (χ3n) is 4.05. The first-order valence-electron chi connectivity index (χ1n) is 7.83. The molecule has 1 aliphatic rings. The summed E-state index contributed by atoms with van der Waals surface area (Å²) < 4.78 is 26.6. The van der Waals surface area contributed by atoms with Gasteiger partial charge in [-0.2, -0.15) is 0 Å². The molecule has 1 unspecified atom stereocenters. The second-order valence-electron chi connectivity index (χ2n) is 7.02. The number of nitrogens with zero attached hydrogens (tertiary/aromatic N) is 2. The first-order valence-corrected chi connectivity index (χ1v) is 7.83. The lowest BCUT2D eigenvalue weighted by Crippen LogP contribution is -2.52. The van der Waals surface area contributed by atoms with Crippen molar-refractivity contribution in [2.24, 2.45) is 5.41 Å². The molecule has 1 heterocycles. The monoisotopic (exact) mass is 326 g/mol. The number of β-amino-alcohol motifs (C(OH)–C–C–N with tert-alkyl or cyclic N) is 1. The summed E-state index contributed by atoms with van der Waals surface area (Å²) in [5.41, 5.74) is -0.307. The zero-order chi connectivity index (χ0) is 17.2. The van der Waals surface area contributed by atoms with Crippen LogP contribution in [0.1, 0.15) is 32.4 Å². The molecule has 0 aromatic heterocycles. The van der Waals surface area contributed by atoms with E-state index in [-0.39, 0.29) is 18.0 Å². The molecule has 1 aromatic carbocycles. The zero-order valence-electron chi connectivity index (χ0n) is 13.9. The maximum atomic E-state index is 13.7. The average Bonchev–Trinajstić information content (AvgIpc) is 2.46. The van der Waals surface area contributed by atoms with Gasteiger partial charge in [-0.15, -0.1) is 0 Å². The molecule has 1 N–H and O–H groups in total. The Hall–Kier alpha value is -1.53. The smallest absolute Gasteiger partial charge is 0.228 e. The summed E-state index contributed by atoms with van der Waals surface area (Å²) in [7, 11) is 0. The molecule has 0 saturated carbocycles. The quantitative estimate of drug-likeness (QED) is 0.926. The molecule has 4 nitrogen and oxygen atoms in total. The van der Waals surface area contributed by atoms with Crippen molar-refractivity contribution in [1.82, 2.24) is 9.80 Å². The topological polar surface area (TPSA) is 43.8 Å². The van der Waals surface area contributed by atoms with Gasteiger partial charge in [-0.1, -0.05) is 26.8 Å². The predicted molar refractivity (Wildman–Crippen MR) is 83.8 cm³/mol. The SMILES string of the molecule is CC(C)(C)C(=O)N1CCN(CC(O)c2ccc(F)cc2F)CC1. The van der Waals surface area contributed by atoms with E-state index in [0.29, 0.717) is 26.2 Å². The minimum Gasteiger partial charge on any atom is -0.387 e. The second-order valence-corrected chi connectivity index (χ2v) is 7.02. The number of aliphatic hydroxyl groups is 1. The summed E-state index contributed by atoms with van der Waals surface area (Å²) in [5.74, 6) is -1.28. The van der Waals surface area contributed by atoms with E-state index in [1.54, 1.807) is 0 Å². The van der Waals surface area contributed by atoms with Gasteiger partial charge in [0.25, 0.3) is 0 Å². The van der Waals surface area contributed by atoms with Gasteiger partial charge in [0.2, 0.25) is 5.91 Å². The van der Waals surface area contributed by atoms with Crippen molar-refractivity contribution in [3.05, 3.63) is 35.4 Å². The number of benzene rings is 1. The van der Waals surface area contributed by atoms with E-state index in [1.807, 2.05) is 30.6 Å². The van der Waals surface area contributed by atoms with E-state index in [1.165, 1.54) is 6.07 Å². The van der Waals surface area contributed by atoms with Crippen molar-refractivity contribution in [2.45, 2.75) is 26.9 Å². The molecule has 1 aromatic rings. The fourth-order valence-corrected chi connectivity index (χ4v) is 2.72. The molecule has 0 spiro atoms. The van der Waals surface area contributed by atoms with E-state index < -0.39 is 23.2 Å². The van der Waals surface area contributed by atoms with Gasteiger partial charge in [-0.05, 0) is 6.07 Å². The molecule has 2 rings (SSSR count). The first kappa shape index (κ1) is 17.8. The highest BCUT2D eigenvalue weighted by Crippen LogP contribution is 2.21.